The third-order valence-corrected chi connectivity index (χ3v) is 5.29. The van der Waals surface area contributed by atoms with Gasteiger partial charge in [0.2, 0.25) is 0 Å². The summed E-state index contributed by atoms with van der Waals surface area (Å²) in [5, 5.41) is 10.8. The molecule has 0 spiro atoms. The molecule has 4 rings (SSSR count). The average Bonchev–Trinajstić information content (AvgIpc) is 3.28. The summed E-state index contributed by atoms with van der Waals surface area (Å²) in [7, 11) is 0. The van der Waals surface area contributed by atoms with Crippen LogP contribution in [0, 0.1) is 6.92 Å². The molecule has 7 heteroatoms. The van der Waals surface area contributed by atoms with Crippen molar-refractivity contribution in [3.05, 3.63) is 58.7 Å². The maximum absolute atomic E-state index is 12.4. The molecule has 0 bridgehead atoms. The Morgan fingerprint density at radius 3 is 3.08 bits per heavy atom. The summed E-state index contributed by atoms with van der Waals surface area (Å²) >= 11 is 1.49. The van der Waals surface area contributed by atoms with Crippen LogP contribution in [0.1, 0.15) is 20.9 Å². The minimum Gasteiger partial charge on any atom is -0.490 e. The highest BCUT2D eigenvalue weighted by atomic mass is 32.1. The van der Waals surface area contributed by atoms with E-state index in [-0.39, 0.29) is 5.91 Å². The second-order valence-electron chi connectivity index (χ2n) is 5.81. The van der Waals surface area contributed by atoms with Crippen LogP contribution >= 0.6 is 11.3 Å². The second-order valence-corrected chi connectivity index (χ2v) is 6.87. The third kappa shape index (κ3) is 3.10. The van der Waals surface area contributed by atoms with E-state index in [0.29, 0.717) is 18.0 Å². The molecule has 0 atom stereocenters. The highest BCUT2D eigenvalue weighted by Crippen LogP contribution is 2.39. The predicted molar refractivity (Wildman–Crippen MR) is 97.8 cm³/mol. The maximum Gasteiger partial charge on any atom is 0.261 e. The smallest absolute Gasteiger partial charge is 0.261 e. The van der Waals surface area contributed by atoms with E-state index in [0.717, 1.165) is 34.2 Å². The number of H-pyrrole nitrogens is 1. The first-order chi connectivity index (χ1) is 12.2. The molecule has 1 amide bonds. The molecule has 25 heavy (non-hydrogen) atoms. The molecular formula is C18H18N4O2S. The Bertz CT molecular complexity index is 902. The van der Waals surface area contributed by atoms with E-state index in [4.69, 9.17) is 4.74 Å². The fraction of sp³-hybridized carbons (Fsp3) is 0.222. The van der Waals surface area contributed by atoms with Crippen LogP contribution in [-0.4, -0.2) is 29.3 Å². The van der Waals surface area contributed by atoms with Gasteiger partial charge < -0.3 is 15.0 Å². The number of aryl methyl sites for hydroxylation is 1. The first-order valence-electron chi connectivity index (χ1n) is 8.08. The van der Waals surface area contributed by atoms with Crippen LogP contribution in [0.2, 0.25) is 0 Å². The number of hydrogen-bond donors (Lipinski definition) is 2. The first-order valence-corrected chi connectivity index (χ1v) is 8.90. The normalized spacial score (nSPS) is 13.2. The lowest BCUT2D eigenvalue weighted by Crippen LogP contribution is -2.27. The summed E-state index contributed by atoms with van der Waals surface area (Å²) in [4.78, 5) is 15.3. The summed E-state index contributed by atoms with van der Waals surface area (Å²) in [6.07, 6.45) is 1.74. The van der Waals surface area contributed by atoms with Gasteiger partial charge in [-0.15, -0.1) is 11.3 Å². The van der Waals surface area contributed by atoms with Crippen LogP contribution < -0.4 is 15.0 Å². The van der Waals surface area contributed by atoms with Crippen LogP contribution in [-0.2, 0) is 6.54 Å². The van der Waals surface area contributed by atoms with Gasteiger partial charge in [-0.1, -0.05) is 12.1 Å². The van der Waals surface area contributed by atoms with Crippen LogP contribution in [0.5, 0.6) is 5.75 Å². The van der Waals surface area contributed by atoms with Gasteiger partial charge in [-0.3, -0.25) is 9.89 Å². The summed E-state index contributed by atoms with van der Waals surface area (Å²) < 4.78 is 5.70. The van der Waals surface area contributed by atoms with Crippen LogP contribution in [0.4, 0.5) is 10.7 Å². The Hall–Kier alpha value is -2.80. The topological polar surface area (TPSA) is 70.2 Å². The van der Waals surface area contributed by atoms with Crippen molar-refractivity contribution >= 4 is 27.9 Å². The van der Waals surface area contributed by atoms with Crippen molar-refractivity contribution in [1.82, 2.24) is 15.5 Å². The first kappa shape index (κ1) is 15.7. The lowest BCUT2D eigenvalue weighted by atomic mass is 10.2. The number of nitrogens with zero attached hydrogens (tertiary/aromatic N) is 2. The molecule has 128 valence electrons. The molecule has 0 unspecified atom stereocenters. The van der Waals surface area contributed by atoms with Gasteiger partial charge in [0.05, 0.1) is 28.3 Å². The fourth-order valence-electron chi connectivity index (χ4n) is 2.81. The quantitative estimate of drug-likeness (QED) is 0.755. The van der Waals surface area contributed by atoms with E-state index < -0.39 is 0 Å². The number of nitrogens with one attached hydrogen (secondary N) is 2. The van der Waals surface area contributed by atoms with Crippen molar-refractivity contribution in [2.75, 3.05) is 18.1 Å². The van der Waals surface area contributed by atoms with Crippen molar-refractivity contribution in [3.63, 3.8) is 0 Å². The van der Waals surface area contributed by atoms with E-state index in [9.17, 15) is 4.79 Å². The SMILES string of the molecule is Cc1[nH]ncc1CNC(=O)c1ccc(N2CCOc3ccccc32)s1. The molecule has 0 aliphatic carbocycles. The zero-order valence-electron chi connectivity index (χ0n) is 13.8. The average molecular weight is 354 g/mol. The molecule has 3 heterocycles. The number of para-hydroxylation sites is 2. The fourth-order valence-corrected chi connectivity index (χ4v) is 3.77. The number of carbonyl (C=O) groups is 1. The van der Waals surface area contributed by atoms with E-state index in [1.807, 2.05) is 43.3 Å². The molecule has 6 nitrogen and oxygen atoms in total. The highest BCUT2D eigenvalue weighted by molar-refractivity contribution is 7.18. The Morgan fingerprint density at radius 1 is 1.36 bits per heavy atom. The zero-order valence-corrected chi connectivity index (χ0v) is 14.6. The summed E-state index contributed by atoms with van der Waals surface area (Å²) in [6.45, 7) is 3.81. The number of carbonyl (C=O) groups excluding carboxylic acids is 1. The van der Waals surface area contributed by atoms with Crippen LogP contribution in [0.3, 0.4) is 0 Å². The van der Waals surface area contributed by atoms with E-state index in [1.54, 1.807) is 6.20 Å². The lowest BCUT2D eigenvalue weighted by molar-refractivity contribution is 0.0955. The highest BCUT2D eigenvalue weighted by Gasteiger charge is 2.21. The summed E-state index contributed by atoms with van der Waals surface area (Å²) in [6, 6.07) is 11.8. The molecule has 0 saturated heterocycles. The third-order valence-electron chi connectivity index (χ3n) is 4.18. The number of aromatic nitrogens is 2. The van der Waals surface area contributed by atoms with Gasteiger partial charge in [0, 0.05) is 17.8 Å². The van der Waals surface area contributed by atoms with Crippen molar-refractivity contribution in [3.8, 4) is 5.75 Å². The minimum absolute atomic E-state index is 0.0709. The van der Waals surface area contributed by atoms with Gasteiger partial charge >= 0.3 is 0 Å². The molecule has 0 radical (unpaired) electrons. The summed E-state index contributed by atoms with van der Waals surface area (Å²) in [5.41, 5.74) is 3.00. The number of fused-ring (bicyclic) bond motifs is 1. The Morgan fingerprint density at radius 2 is 2.24 bits per heavy atom. The van der Waals surface area contributed by atoms with Gasteiger partial charge in [-0.05, 0) is 31.2 Å². The Labute approximate surface area is 149 Å². The monoisotopic (exact) mass is 354 g/mol. The number of benzene rings is 1. The van der Waals surface area contributed by atoms with E-state index in [1.165, 1.54) is 11.3 Å². The number of thiophene rings is 1. The van der Waals surface area contributed by atoms with Gasteiger partial charge in [-0.2, -0.15) is 5.10 Å². The van der Waals surface area contributed by atoms with Crippen molar-refractivity contribution in [1.29, 1.82) is 0 Å². The number of aromatic amines is 1. The number of hydrogen-bond acceptors (Lipinski definition) is 5. The standard InChI is InChI=1S/C18H18N4O2S/c1-12-13(11-20-21-12)10-19-18(23)16-6-7-17(25-16)22-8-9-24-15-5-3-2-4-14(15)22/h2-7,11H,8-10H2,1H3,(H,19,23)(H,20,21). The van der Waals surface area contributed by atoms with Gasteiger partial charge in [0.25, 0.3) is 5.91 Å². The zero-order chi connectivity index (χ0) is 17.2. The van der Waals surface area contributed by atoms with E-state index in [2.05, 4.69) is 20.4 Å². The Kier molecular flexibility index (Phi) is 4.15. The second kappa shape index (κ2) is 6.60. The predicted octanol–water partition coefficient (Wildman–Crippen LogP) is 3.24. The number of ether oxygens (including phenoxy) is 1. The molecule has 3 aromatic rings. The number of rotatable bonds is 4. The molecule has 0 fully saturated rings. The van der Waals surface area contributed by atoms with Crippen molar-refractivity contribution < 1.29 is 9.53 Å². The molecule has 2 N–H and O–H groups in total. The molecule has 1 aliphatic heterocycles. The minimum atomic E-state index is -0.0709. The van der Waals surface area contributed by atoms with Gasteiger partial charge in [0.15, 0.2) is 0 Å². The van der Waals surface area contributed by atoms with Crippen molar-refractivity contribution in [2.24, 2.45) is 0 Å². The van der Waals surface area contributed by atoms with E-state index >= 15 is 0 Å². The molecule has 0 saturated carbocycles. The molecule has 1 aromatic carbocycles. The number of anilines is 2. The lowest BCUT2D eigenvalue weighted by Gasteiger charge is -2.29. The van der Waals surface area contributed by atoms with Crippen LogP contribution in [0.15, 0.2) is 42.6 Å². The molecule has 1 aliphatic rings. The largest absolute Gasteiger partial charge is 0.490 e. The van der Waals surface area contributed by atoms with Gasteiger partial charge in [-0.25, -0.2) is 0 Å². The Balaban J connectivity index is 1.49. The molecular weight excluding hydrogens is 336 g/mol. The van der Waals surface area contributed by atoms with Crippen molar-refractivity contribution in [2.45, 2.75) is 13.5 Å². The van der Waals surface area contributed by atoms with Gasteiger partial charge in [0.1, 0.15) is 12.4 Å². The molecule has 2 aromatic heterocycles. The number of amides is 1. The maximum atomic E-state index is 12.4. The van der Waals surface area contributed by atoms with Crippen LogP contribution in [0.25, 0.3) is 0 Å². The summed E-state index contributed by atoms with van der Waals surface area (Å²) in [5.74, 6) is 0.807.